The highest BCUT2D eigenvalue weighted by atomic mass is 35.5. The normalized spacial score (nSPS) is 10.7. The van der Waals surface area contributed by atoms with E-state index < -0.39 is 0 Å². The second-order valence-corrected chi connectivity index (χ2v) is 6.98. The average molecular weight is 406 g/mol. The second-order valence-electron chi connectivity index (χ2n) is 6.54. The third-order valence-electron chi connectivity index (χ3n) is 4.32. The van der Waals surface area contributed by atoms with Crippen molar-refractivity contribution in [3.8, 4) is 5.75 Å². The van der Waals surface area contributed by atoms with Gasteiger partial charge in [0.1, 0.15) is 12.4 Å². The monoisotopic (exact) mass is 405 g/mol. The summed E-state index contributed by atoms with van der Waals surface area (Å²) in [5, 5.41) is 12.2. The van der Waals surface area contributed by atoms with Crippen LogP contribution < -0.4 is 10.1 Å². The first-order chi connectivity index (χ1) is 14.2. The van der Waals surface area contributed by atoms with Crippen molar-refractivity contribution < 1.29 is 9.15 Å². The Hall–Kier alpha value is -3.31. The number of benzene rings is 3. The van der Waals surface area contributed by atoms with Crippen LogP contribution in [0.4, 0.5) is 5.69 Å². The summed E-state index contributed by atoms with van der Waals surface area (Å²) in [6.07, 6.45) is 0.632. The lowest BCUT2D eigenvalue weighted by atomic mass is 10.2. The molecule has 1 aromatic heterocycles. The van der Waals surface area contributed by atoms with Crippen LogP contribution >= 0.6 is 11.6 Å². The number of hydrogen-bond acceptors (Lipinski definition) is 5. The van der Waals surface area contributed by atoms with Gasteiger partial charge in [-0.05, 0) is 47.5 Å². The predicted octanol–water partition coefficient (Wildman–Crippen LogP) is 5.50. The van der Waals surface area contributed by atoms with Crippen LogP contribution in [0.2, 0.25) is 5.02 Å². The summed E-state index contributed by atoms with van der Waals surface area (Å²) < 4.78 is 11.5. The van der Waals surface area contributed by atoms with E-state index in [0.29, 0.717) is 31.4 Å². The number of nitrogens with one attached hydrogen (secondary N) is 1. The number of nitrogens with zero attached hydrogens (tertiary/aromatic N) is 2. The minimum atomic E-state index is 0.465. The Labute approximate surface area is 174 Å². The fraction of sp³-hybridized carbons (Fsp3) is 0.130. The highest BCUT2D eigenvalue weighted by Crippen LogP contribution is 2.18. The molecule has 0 fully saturated rings. The maximum Gasteiger partial charge on any atom is 0.235 e. The predicted molar refractivity (Wildman–Crippen MR) is 113 cm³/mol. The highest BCUT2D eigenvalue weighted by molar-refractivity contribution is 6.30. The summed E-state index contributed by atoms with van der Waals surface area (Å²) in [6.45, 7) is 0.961. The van der Waals surface area contributed by atoms with E-state index in [9.17, 15) is 0 Å². The van der Waals surface area contributed by atoms with Gasteiger partial charge in [0.15, 0.2) is 0 Å². The van der Waals surface area contributed by atoms with E-state index in [4.69, 9.17) is 20.8 Å². The number of ether oxygens (including phenoxy) is 1. The first-order valence-electron chi connectivity index (χ1n) is 9.31. The van der Waals surface area contributed by atoms with E-state index in [1.807, 2.05) is 78.9 Å². The lowest BCUT2D eigenvalue weighted by Gasteiger charge is -2.08. The molecule has 0 radical (unpaired) electrons. The van der Waals surface area contributed by atoms with E-state index in [2.05, 4.69) is 15.5 Å². The Morgan fingerprint density at radius 3 is 2.28 bits per heavy atom. The van der Waals surface area contributed by atoms with Crippen molar-refractivity contribution in [2.24, 2.45) is 0 Å². The zero-order valence-corrected chi connectivity index (χ0v) is 16.5. The molecule has 0 saturated carbocycles. The van der Waals surface area contributed by atoms with Crippen molar-refractivity contribution in [3.63, 3.8) is 0 Å². The van der Waals surface area contributed by atoms with E-state index in [0.717, 1.165) is 27.6 Å². The molecule has 4 aromatic rings. The van der Waals surface area contributed by atoms with Crippen LogP contribution in [0.5, 0.6) is 5.75 Å². The van der Waals surface area contributed by atoms with Gasteiger partial charge < -0.3 is 14.5 Å². The molecule has 29 heavy (non-hydrogen) atoms. The molecule has 1 heterocycles. The average Bonchev–Trinajstić information content (AvgIpc) is 3.20. The number of halogens is 1. The molecule has 6 heteroatoms. The van der Waals surface area contributed by atoms with Crippen LogP contribution in [0.1, 0.15) is 22.9 Å². The standard InChI is InChI=1S/C23H20ClN3O2/c24-19-8-6-18(7-9-19)16-28-21-12-10-20(11-13-21)25-15-23-27-26-22(29-23)14-17-4-2-1-3-5-17/h1-13,25H,14-16H2. The van der Waals surface area contributed by atoms with Gasteiger partial charge in [-0.15, -0.1) is 10.2 Å². The summed E-state index contributed by atoms with van der Waals surface area (Å²) in [6, 6.07) is 25.4. The summed E-state index contributed by atoms with van der Waals surface area (Å²) in [4.78, 5) is 0. The van der Waals surface area contributed by atoms with Crippen molar-refractivity contribution in [1.82, 2.24) is 10.2 Å². The van der Waals surface area contributed by atoms with Crippen LogP contribution in [0, 0.1) is 0 Å². The molecule has 4 rings (SSSR count). The lowest BCUT2D eigenvalue weighted by molar-refractivity contribution is 0.306. The van der Waals surface area contributed by atoms with Crippen LogP contribution in [0.15, 0.2) is 83.3 Å². The molecule has 5 nitrogen and oxygen atoms in total. The lowest BCUT2D eigenvalue weighted by Crippen LogP contribution is -2.00. The Bertz CT molecular complexity index is 1030. The highest BCUT2D eigenvalue weighted by Gasteiger charge is 2.07. The maximum atomic E-state index is 5.90. The summed E-state index contributed by atoms with van der Waals surface area (Å²) >= 11 is 5.90. The van der Waals surface area contributed by atoms with E-state index in [1.165, 1.54) is 0 Å². The van der Waals surface area contributed by atoms with Crippen LogP contribution in [-0.2, 0) is 19.6 Å². The van der Waals surface area contributed by atoms with Crippen LogP contribution in [0.3, 0.4) is 0 Å². The number of hydrogen-bond donors (Lipinski definition) is 1. The topological polar surface area (TPSA) is 60.2 Å². The van der Waals surface area contributed by atoms with Crippen molar-refractivity contribution >= 4 is 17.3 Å². The number of aromatic nitrogens is 2. The van der Waals surface area contributed by atoms with Crippen LogP contribution in [0.25, 0.3) is 0 Å². The van der Waals surface area contributed by atoms with Crippen LogP contribution in [-0.4, -0.2) is 10.2 Å². The van der Waals surface area contributed by atoms with Gasteiger partial charge in [-0.3, -0.25) is 0 Å². The molecule has 0 bridgehead atoms. The Morgan fingerprint density at radius 2 is 1.52 bits per heavy atom. The molecule has 3 aromatic carbocycles. The molecule has 0 aliphatic rings. The quantitative estimate of drug-likeness (QED) is 0.419. The van der Waals surface area contributed by atoms with Gasteiger partial charge in [0.2, 0.25) is 11.8 Å². The van der Waals surface area contributed by atoms with Crippen molar-refractivity contribution in [1.29, 1.82) is 0 Å². The van der Waals surface area contributed by atoms with Gasteiger partial charge in [-0.25, -0.2) is 0 Å². The zero-order chi connectivity index (χ0) is 19.9. The Balaban J connectivity index is 1.26. The third-order valence-corrected chi connectivity index (χ3v) is 4.58. The second kappa shape index (κ2) is 9.26. The molecule has 0 aliphatic heterocycles. The molecule has 0 atom stereocenters. The third kappa shape index (κ3) is 5.59. The van der Waals surface area contributed by atoms with Crippen molar-refractivity contribution in [2.45, 2.75) is 19.6 Å². The van der Waals surface area contributed by atoms with Crippen molar-refractivity contribution in [3.05, 3.63) is 107 Å². The first-order valence-corrected chi connectivity index (χ1v) is 9.69. The summed E-state index contributed by atoms with van der Waals surface area (Å²) in [5.74, 6) is 1.96. The molecule has 0 amide bonds. The van der Waals surface area contributed by atoms with Gasteiger partial charge >= 0.3 is 0 Å². The molecule has 0 saturated heterocycles. The van der Waals surface area contributed by atoms with Crippen molar-refractivity contribution in [2.75, 3.05) is 5.32 Å². The van der Waals surface area contributed by atoms with Gasteiger partial charge in [0, 0.05) is 10.7 Å². The van der Waals surface area contributed by atoms with Gasteiger partial charge in [0.25, 0.3) is 0 Å². The molecule has 0 spiro atoms. The summed E-state index contributed by atoms with van der Waals surface area (Å²) in [7, 11) is 0. The fourth-order valence-corrected chi connectivity index (χ4v) is 2.92. The molecular weight excluding hydrogens is 386 g/mol. The maximum absolute atomic E-state index is 5.90. The molecule has 1 N–H and O–H groups in total. The van der Waals surface area contributed by atoms with E-state index in [-0.39, 0.29) is 0 Å². The molecule has 146 valence electrons. The Kier molecular flexibility index (Phi) is 6.07. The SMILES string of the molecule is Clc1ccc(COc2ccc(NCc3nnc(Cc4ccccc4)o3)cc2)cc1. The van der Waals surface area contributed by atoms with Gasteiger partial charge in [-0.2, -0.15) is 0 Å². The largest absolute Gasteiger partial charge is 0.489 e. The number of rotatable bonds is 8. The molecule has 0 unspecified atom stereocenters. The molecular formula is C23H20ClN3O2. The number of anilines is 1. The summed E-state index contributed by atoms with van der Waals surface area (Å²) in [5.41, 5.74) is 3.16. The van der Waals surface area contributed by atoms with E-state index >= 15 is 0 Å². The Morgan fingerprint density at radius 1 is 0.793 bits per heavy atom. The molecule has 0 aliphatic carbocycles. The fourth-order valence-electron chi connectivity index (χ4n) is 2.80. The zero-order valence-electron chi connectivity index (χ0n) is 15.7. The van der Waals surface area contributed by atoms with Gasteiger partial charge in [-0.1, -0.05) is 54.1 Å². The smallest absolute Gasteiger partial charge is 0.235 e. The van der Waals surface area contributed by atoms with Gasteiger partial charge in [0.05, 0.1) is 13.0 Å². The van der Waals surface area contributed by atoms with E-state index in [1.54, 1.807) is 0 Å². The first kappa shape index (κ1) is 19.0. The minimum Gasteiger partial charge on any atom is -0.489 e. The minimum absolute atomic E-state index is 0.465.